The molecule has 0 bridgehead atoms. The highest BCUT2D eigenvalue weighted by atomic mass is 16.3. The van der Waals surface area contributed by atoms with Crippen molar-refractivity contribution in [1.29, 1.82) is 0 Å². The summed E-state index contributed by atoms with van der Waals surface area (Å²) in [5.41, 5.74) is 8.39. The van der Waals surface area contributed by atoms with Crippen molar-refractivity contribution in [2.75, 3.05) is 13.2 Å². The van der Waals surface area contributed by atoms with Gasteiger partial charge < -0.3 is 15.4 Å². The largest absolute Gasteiger partial charge is 0.396 e. The number of fused-ring (bicyclic) bond motifs is 5. The van der Waals surface area contributed by atoms with Gasteiger partial charge in [-0.15, -0.1) is 0 Å². The Balaban J connectivity index is 2.06. The van der Waals surface area contributed by atoms with Gasteiger partial charge in [0.15, 0.2) is 5.78 Å². The number of carbonyl (C=O) groups is 1. The van der Waals surface area contributed by atoms with E-state index in [0.29, 0.717) is 47.1 Å². The molecule has 3 aromatic rings. The molecule has 4 rings (SSSR count). The summed E-state index contributed by atoms with van der Waals surface area (Å²) in [6.07, 6.45) is 0.514. The molecule has 0 spiro atoms. The second-order valence-corrected chi connectivity index (χ2v) is 6.67. The number of aliphatic hydroxyl groups is 1. The van der Waals surface area contributed by atoms with E-state index in [4.69, 9.17) is 5.73 Å². The van der Waals surface area contributed by atoms with Gasteiger partial charge in [-0.05, 0) is 24.9 Å². The van der Waals surface area contributed by atoms with Gasteiger partial charge in [-0.3, -0.25) is 9.59 Å². The third kappa shape index (κ3) is 2.40. The van der Waals surface area contributed by atoms with Crippen LogP contribution in [-0.2, 0) is 6.54 Å². The van der Waals surface area contributed by atoms with Crippen LogP contribution in [0.5, 0.6) is 0 Å². The molecule has 0 saturated heterocycles. The van der Waals surface area contributed by atoms with Crippen molar-refractivity contribution >= 4 is 16.6 Å². The maximum atomic E-state index is 13.2. The van der Waals surface area contributed by atoms with E-state index in [1.807, 2.05) is 30.3 Å². The Hall–Kier alpha value is -2.76. The molecular weight excluding hydrogens is 328 g/mol. The maximum Gasteiger partial charge on any atom is 0.258 e. The first-order chi connectivity index (χ1) is 12.7. The Morgan fingerprint density at radius 2 is 1.62 bits per heavy atom. The summed E-state index contributed by atoms with van der Waals surface area (Å²) < 4.78 is 1.68. The lowest BCUT2D eigenvalue weighted by atomic mass is 10.0. The Kier molecular flexibility index (Phi) is 4.18. The summed E-state index contributed by atoms with van der Waals surface area (Å²) in [6.45, 7) is 0.761. The average molecular weight is 348 g/mol. The molecular formula is C21H20N2O3. The molecule has 0 saturated carbocycles. The number of ketones is 1. The molecule has 1 atom stereocenters. The molecule has 2 aromatic carbocycles. The molecule has 0 fully saturated rings. The van der Waals surface area contributed by atoms with Crippen LogP contribution in [0.25, 0.3) is 22.0 Å². The van der Waals surface area contributed by atoms with Gasteiger partial charge in [-0.1, -0.05) is 42.5 Å². The minimum absolute atomic E-state index is 0.0158. The second kappa shape index (κ2) is 6.52. The van der Waals surface area contributed by atoms with E-state index < -0.39 is 0 Å². The van der Waals surface area contributed by atoms with Crippen molar-refractivity contribution < 1.29 is 9.90 Å². The molecule has 1 aromatic heterocycles. The zero-order valence-electron chi connectivity index (χ0n) is 14.3. The number of aromatic nitrogens is 1. The van der Waals surface area contributed by atoms with Crippen LogP contribution in [0.3, 0.4) is 0 Å². The van der Waals surface area contributed by atoms with Crippen molar-refractivity contribution in [3.63, 3.8) is 0 Å². The fourth-order valence-corrected chi connectivity index (χ4v) is 3.83. The molecule has 0 radical (unpaired) electrons. The number of rotatable bonds is 5. The quantitative estimate of drug-likeness (QED) is 0.579. The van der Waals surface area contributed by atoms with E-state index in [-0.39, 0.29) is 23.9 Å². The van der Waals surface area contributed by atoms with Crippen molar-refractivity contribution in [1.82, 2.24) is 4.57 Å². The van der Waals surface area contributed by atoms with Crippen LogP contribution in [0.4, 0.5) is 0 Å². The van der Waals surface area contributed by atoms with Crippen molar-refractivity contribution in [2.45, 2.75) is 13.0 Å². The summed E-state index contributed by atoms with van der Waals surface area (Å²) in [4.78, 5) is 26.3. The van der Waals surface area contributed by atoms with E-state index in [1.54, 1.807) is 22.8 Å². The monoisotopic (exact) mass is 348 g/mol. The van der Waals surface area contributed by atoms with Gasteiger partial charge in [0.2, 0.25) is 0 Å². The van der Waals surface area contributed by atoms with Crippen molar-refractivity contribution in [3.05, 3.63) is 70.0 Å². The number of nitrogens with zero attached hydrogens (tertiary/aromatic N) is 1. The normalized spacial score (nSPS) is 13.7. The van der Waals surface area contributed by atoms with Gasteiger partial charge in [-0.25, -0.2) is 0 Å². The molecule has 1 aliphatic carbocycles. The number of aliphatic hydroxyl groups excluding tert-OH is 1. The summed E-state index contributed by atoms with van der Waals surface area (Å²) >= 11 is 0. The molecule has 132 valence electrons. The van der Waals surface area contributed by atoms with Crippen molar-refractivity contribution in [2.24, 2.45) is 11.7 Å². The highest BCUT2D eigenvalue weighted by molar-refractivity contribution is 6.26. The molecule has 0 amide bonds. The van der Waals surface area contributed by atoms with Crippen molar-refractivity contribution in [3.8, 4) is 11.3 Å². The third-order valence-electron chi connectivity index (χ3n) is 5.14. The first-order valence-electron chi connectivity index (χ1n) is 8.78. The molecule has 5 nitrogen and oxygen atoms in total. The van der Waals surface area contributed by atoms with Crippen LogP contribution < -0.4 is 11.3 Å². The fourth-order valence-electron chi connectivity index (χ4n) is 3.83. The number of hydrogen-bond donors (Lipinski definition) is 2. The lowest BCUT2D eigenvalue weighted by Crippen LogP contribution is -2.30. The SMILES string of the molecule is NCC(CCO)Cn1c2c(c3ccccc3c1=O)C(=O)c1ccccc1-2. The number of hydrogen-bond acceptors (Lipinski definition) is 4. The highest BCUT2D eigenvalue weighted by Crippen LogP contribution is 2.39. The van der Waals surface area contributed by atoms with Crippen LogP contribution in [0.15, 0.2) is 53.3 Å². The van der Waals surface area contributed by atoms with Crippen LogP contribution in [-0.4, -0.2) is 28.6 Å². The second-order valence-electron chi connectivity index (χ2n) is 6.67. The van der Waals surface area contributed by atoms with Gasteiger partial charge in [0.05, 0.1) is 11.3 Å². The van der Waals surface area contributed by atoms with Gasteiger partial charge >= 0.3 is 0 Å². The average Bonchev–Trinajstić information content (AvgIpc) is 2.97. The molecule has 5 heteroatoms. The minimum atomic E-state index is -0.125. The first kappa shape index (κ1) is 16.7. The molecule has 1 heterocycles. The predicted molar refractivity (Wildman–Crippen MR) is 101 cm³/mol. The number of carbonyl (C=O) groups excluding carboxylic acids is 1. The Labute approximate surface area is 150 Å². The van der Waals surface area contributed by atoms with Gasteiger partial charge in [0, 0.05) is 35.1 Å². The lowest BCUT2D eigenvalue weighted by Gasteiger charge is -2.20. The smallest absolute Gasteiger partial charge is 0.258 e. The minimum Gasteiger partial charge on any atom is -0.396 e. The van der Waals surface area contributed by atoms with Gasteiger partial charge in [-0.2, -0.15) is 0 Å². The Morgan fingerprint density at radius 1 is 0.962 bits per heavy atom. The van der Waals surface area contributed by atoms with Crippen LogP contribution in [0.1, 0.15) is 22.3 Å². The van der Waals surface area contributed by atoms with Crippen LogP contribution >= 0.6 is 0 Å². The summed E-state index contributed by atoms with van der Waals surface area (Å²) in [5, 5.41) is 10.5. The first-order valence-corrected chi connectivity index (χ1v) is 8.78. The Morgan fingerprint density at radius 3 is 2.31 bits per heavy atom. The summed E-state index contributed by atoms with van der Waals surface area (Å²) in [7, 11) is 0. The predicted octanol–water partition coefficient (Wildman–Crippen LogP) is 2.17. The third-order valence-corrected chi connectivity index (χ3v) is 5.14. The molecule has 3 N–H and O–H groups in total. The van der Waals surface area contributed by atoms with E-state index in [9.17, 15) is 14.7 Å². The van der Waals surface area contributed by atoms with E-state index in [1.165, 1.54) is 0 Å². The molecule has 1 unspecified atom stereocenters. The number of nitrogens with two attached hydrogens (primary N) is 1. The fraction of sp³-hybridized carbons (Fsp3) is 0.238. The van der Waals surface area contributed by atoms with E-state index >= 15 is 0 Å². The highest BCUT2D eigenvalue weighted by Gasteiger charge is 2.32. The lowest BCUT2D eigenvalue weighted by molar-refractivity contribution is 0.104. The summed E-state index contributed by atoms with van der Waals surface area (Å²) in [5.74, 6) is -0.0853. The number of benzene rings is 2. The zero-order chi connectivity index (χ0) is 18.3. The topological polar surface area (TPSA) is 85.3 Å². The van der Waals surface area contributed by atoms with Crippen LogP contribution in [0, 0.1) is 5.92 Å². The standard InChI is InChI=1S/C21H20N2O3/c22-11-13(9-10-24)12-23-19-15-6-2-3-7-16(15)20(25)18(19)14-5-1-4-8-17(14)21(23)26/h1-8,13,24H,9-12,22H2. The van der Waals surface area contributed by atoms with E-state index in [0.717, 1.165) is 5.56 Å². The Bertz CT molecular complexity index is 1070. The summed E-state index contributed by atoms with van der Waals surface area (Å²) in [6, 6.07) is 14.6. The van der Waals surface area contributed by atoms with Crippen LogP contribution in [0.2, 0.25) is 0 Å². The number of pyridine rings is 1. The zero-order valence-corrected chi connectivity index (χ0v) is 14.3. The van der Waals surface area contributed by atoms with E-state index in [2.05, 4.69) is 0 Å². The molecule has 26 heavy (non-hydrogen) atoms. The molecule has 0 aliphatic heterocycles. The van der Waals surface area contributed by atoms with Gasteiger partial charge in [0.1, 0.15) is 0 Å². The maximum absolute atomic E-state index is 13.2. The molecule has 1 aliphatic rings. The van der Waals surface area contributed by atoms with Gasteiger partial charge in [0.25, 0.3) is 5.56 Å².